The number of fused-ring (bicyclic) bond motifs is 1. The fraction of sp³-hybridized carbons (Fsp3) is 0.267. The molecule has 0 fully saturated rings. The van der Waals surface area contributed by atoms with Gasteiger partial charge in [0.25, 0.3) is 0 Å². The molecule has 1 aliphatic rings. The van der Waals surface area contributed by atoms with Gasteiger partial charge in [0.1, 0.15) is 23.3 Å². The highest BCUT2D eigenvalue weighted by Gasteiger charge is 2.22. The molecule has 3 rings (SSSR count). The van der Waals surface area contributed by atoms with Gasteiger partial charge in [-0.2, -0.15) is 4.31 Å². The molecule has 8 heteroatoms. The number of benzene rings is 1. The first-order valence-electron chi connectivity index (χ1n) is 6.93. The number of hydrogen-bond donors (Lipinski definition) is 0. The summed E-state index contributed by atoms with van der Waals surface area (Å²) in [6.07, 6.45) is 1.25. The van der Waals surface area contributed by atoms with Crippen LogP contribution >= 0.6 is 11.6 Å². The highest BCUT2D eigenvalue weighted by molar-refractivity contribution is 7.89. The van der Waals surface area contributed by atoms with Crippen molar-refractivity contribution in [3.05, 3.63) is 47.2 Å². The topological polar surface area (TPSA) is 68.7 Å². The van der Waals surface area contributed by atoms with Crippen LogP contribution in [0.5, 0.6) is 11.5 Å². The number of rotatable bonds is 4. The van der Waals surface area contributed by atoms with Gasteiger partial charge in [-0.05, 0) is 29.8 Å². The van der Waals surface area contributed by atoms with E-state index in [-0.39, 0.29) is 16.6 Å². The van der Waals surface area contributed by atoms with Gasteiger partial charge in [0.15, 0.2) is 11.5 Å². The lowest BCUT2D eigenvalue weighted by atomic mass is 10.2. The second-order valence-electron chi connectivity index (χ2n) is 5.06. The summed E-state index contributed by atoms with van der Waals surface area (Å²) in [6.45, 7) is 1.22. The van der Waals surface area contributed by atoms with Crippen molar-refractivity contribution in [3.8, 4) is 11.5 Å². The van der Waals surface area contributed by atoms with Crippen molar-refractivity contribution >= 4 is 21.6 Å². The standard InChI is InChI=1S/C15H15ClN2O4S/c1-18(23(19,20)12-3-5-15(16)17-9-12)10-11-2-4-13-14(8-11)22-7-6-21-13/h2-5,8-9H,6-7,10H2,1H3. The average Bonchev–Trinajstić information content (AvgIpc) is 2.55. The van der Waals surface area contributed by atoms with Crippen LogP contribution in [-0.2, 0) is 16.6 Å². The Labute approximate surface area is 139 Å². The highest BCUT2D eigenvalue weighted by atomic mass is 35.5. The molecule has 23 heavy (non-hydrogen) atoms. The fourth-order valence-electron chi connectivity index (χ4n) is 2.22. The Bertz CT molecular complexity index is 809. The van der Waals surface area contributed by atoms with Crippen molar-refractivity contribution in [1.82, 2.24) is 9.29 Å². The van der Waals surface area contributed by atoms with E-state index >= 15 is 0 Å². The SMILES string of the molecule is CN(Cc1ccc2c(c1)OCCO2)S(=O)(=O)c1ccc(Cl)nc1. The maximum absolute atomic E-state index is 12.5. The third-order valence-electron chi connectivity index (χ3n) is 3.42. The summed E-state index contributed by atoms with van der Waals surface area (Å²) in [5.41, 5.74) is 0.808. The average molecular weight is 355 g/mol. The van der Waals surface area contributed by atoms with E-state index in [9.17, 15) is 8.42 Å². The first kappa shape index (κ1) is 16.0. The highest BCUT2D eigenvalue weighted by Crippen LogP contribution is 2.31. The summed E-state index contributed by atoms with van der Waals surface area (Å²) in [7, 11) is -2.12. The van der Waals surface area contributed by atoms with E-state index in [1.54, 1.807) is 12.1 Å². The molecule has 0 N–H and O–H groups in total. The van der Waals surface area contributed by atoms with E-state index in [0.29, 0.717) is 24.7 Å². The maximum atomic E-state index is 12.5. The second kappa shape index (κ2) is 6.35. The van der Waals surface area contributed by atoms with Crippen LogP contribution in [0, 0.1) is 0 Å². The summed E-state index contributed by atoms with van der Waals surface area (Å²) in [4.78, 5) is 3.91. The predicted molar refractivity (Wildman–Crippen MR) is 85.3 cm³/mol. The minimum atomic E-state index is -3.64. The smallest absolute Gasteiger partial charge is 0.244 e. The molecule has 1 aliphatic heterocycles. The van der Waals surface area contributed by atoms with E-state index in [2.05, 4.69) is 4.98 Å². The van der Waals surface area contributed by atoms with Gasteiger partial charge >= 0.3 is 0 Å². The molecule has 0 saturated carbocycles. The molecule has 0 saturated heterocycles. The molecule has 6 nitrogen and oxygen atoms in total. The minimum absolute atomic E-state index is 0.0990. The van der Waals surface area contributed by atoms with Crippen LogP contribution in [0.3, 0.4) is 0 Å². The van der Waals surface area contributed by atoms with Crippen molar-refractivity contribution in [3.63, 3.8) is 0 Å². The van der Waals surface area contributed by atoms with Gasteiger partial charge < -0.3 is 9.47 Å². The number of sulfonamides is 1. The molecule has 0 amide bonds. The lowest BCUT2D eigenvalue weighted by molar-refractivity contribution is 0.171. The molecule has 1 aromatic heterocycles. The minimum Gasteiger partial charge on any atom is -0.486 e. The van der Waals surface area contributed by atoms with Crippen molar-refractivity contribution in [2.45, 2.75) is 11.4 Å². The molecule has 1 aromatic carbocycles. The summed E-state index contributed by atoms with van der Waals surface area (Å²) in [5, 5.41) is 0.249. The van der Waals surface area contributed by atoms with Gasteiger partial charge in [-0.25, -0.2) is 13.4 Å². The van der Waals surface area contributed by atoms with Crippen LogP contribution in [0.15, 0.2) is 41.4 Å². The molecule has 0 aliphatic carbocycles. The molecule has 0 bridgehead atoms. The normalized spacial score (nSPS) is 14.0. The van der Waals surface area contributed by atoms with Crippen molar-refractivity contribution in [2.24, 2.45) is 0 Å². The quantitative estimate of drug-likeness (QED) is 0.788. The molecule has 122 valence electrons. The lowest BCUT2D eigenvalue weighted by Gasteiger charge is -2.21. The molecule has 0 radical (unpaired) electrons. The lowest BCUT2D eigenvalue weighted by Crippen LogP contribution is -2.26. The Morgan fingerprint density at radius 1 is 1.17 bits per heavy atom. The van der Waals surface area contributed by atoms with E-state index in [1.807, 2.05) is 6.07 Å². The number of pyridine rings is 1. The van der Waals surface area contributed by atoms with E-state index in [4.69, 9.17) is 21.1 Å². The van der Waals surface area contributed by atoms with Crippen molar-refractivity contribution < 1.29 is 17.9 Å². The van der Waals surface area contributed by atoms with Gasteiger partial charge in [-0.15, -0.1) is 0 Å². The van der Waals surface area contributed by atoms with Crippen LogP contribution in [0.2, 0.25) is 5.15 Å². The number of nitrogens with zero attached hydrogens (tertiary/aromatic N) is 2. The first-order valence-corrected chi connectivity index (χ1v) is 8.75. The summed E-state index contributed by atoms with van der Waals surface area (Å²) < 4.78 is 37.3. The largest absolute Gasteiger partial charge is 0.486 e. The Morgan fingerprint density at radius 3 is 2.61 bits per heavy atom. The summed E-state index contributed by atoms with van der Waals surface area (Å²) in [5.74, 6) is 1.31. The Kier molecular flexibility index (Phi) is 4.43. The number of hydrogen-bond acceptors (Lipinski definition) is 5. The summed E-state index contributed by atoms with van der Waals surface area (Å²) >= 11 is 5.69. The van der Waals surface area contributed by atoms with Gasteiger partial charge in [-0.3, -0.25) is 0 Å². The van der Waals surface area contributed by atoms with Crippen LogP contribution in [0.4, 0.5) is 0 Å². The number of ether oxygens (including phenoxy) is 2. The fourth-order valence-corrected chi connectivity index (χ4v) is 3.44. The monoisotopic (exact) mass is 354 g/mol. The number of halogens is 1. The van der Waals surface area contributed by atoms with Crippen molar-refractivity contribution in [2.75, 3.05) is 20.3 Å². The summed E-state index contributed by atoms with van der Waals surface area (Å²) in [6, 6.07) is 8.28. The maximum Gasteiger partial charge on any atom is 0.244 e. The van der Waals surface area contributed by atoms with E-state index in [0.717, 1.165) is 5.56 Å². The predicted octanol–water partition coefficient (Wildman–Crippen LogP) is 2.33. The van der Waals surface area contributed by atoms with Gasteiger partial charge in [0.05, 0.1) is 0 Å². The van der Waals surface area contributed by atoms with Gasteiger partial charge in [0, 0.05) is 19.8 Å². The van der Waals surface area contributed by atoms with Gasteiger partial charge in [0.2, 0.25) is 10.0 Å². The molecule has 0 unspecified atom stereocenters. The first-order chi connectivity index (χ1) is 11.0. The van der Waals surface area contributed by atoms with E-state index in [1.165, 1.54) is 29.7 Å². The Morgan fingerprint density at radius 2 is 1.91 bits per heavy atom. The molecule has 2 aromatic rings. The van der Waals surface area contributed by atoms with E-state index < -0.39 is 10.0 Å². The third-order valence-corrected chi connectivity index (χ3v) is 5.43. The molecular formula is C15H15ClN2O4S. The zero-order chi connectivity index (χ0) is 16.4. The molecule has 0 spiro atoms. The Hall–Kier alpha value is -1.83. The Balaban J connectivity index is 1.80. The van der Waals surface area contributed by atoms with Crippen LogP contribution in [0.25, 0.3) is 0 Å². The van der Waals surface area contributed by atoms with Gasteiger partial charge in [-0.1, -0.05) is 17.7 Å². The van der Waals surface area contributed by atoms with Crippen LogP contribution < -0.4 is 9.47 Å². The van der Waals surface area contributed by atoms with Crippen LogP contribution in [-0.4, -0.2) is 38.0 Å². The molecule has 0 atom stereocenters. The molecular weight excluding hydrogens is 340 g/mol. The van der Waals surface area contributed by atoms with Crippen LogP contribution in [0.1, 0.15) is 5.56 Å². The zero-order valence-electron chi connectivity index (χ0n) is 12.4. The third kappa shape index (κ3) is 3.41. The number of aromatic nitrogens is 1. The second-order valence-corrected chi connectivity index (χ2v) is 7.49. The molecule has 2 heterocycles. The zero-order valence-corrected chi connectivity index (χ0v) is 14.0. The van der Waals surface area contributed by atoms with Crippen molar-refractivity contribution in [1.29, 1.82) is 0 Å².